The highest BCUT2D eigenvalue weighted by atomic mass is 16.3. The first-order valence-corrected chi connectivity index (χ1v) is 36.2. The van der Waals surface area contributed by atoms with E-state index in [0.29, 0.717) is 34.9 Å². The monoisotopic (exact) mass is 1380 g/mol. The fraction of sp³-hybridized carbons (Fsp3) is 0. The average Bonchev–Trinajstić information content (AvgIpc) is 1.56. The van der Waals surface area contributed by atoms with E-state index in [1.165, 1.54) is 21.5 Å². The van der Waals surface area contributed by atoms with Crippen molar-refractivity contribution in [2.24, 2.45) is 0 Å². The summed E-state index contributed by atoms with van der Waals surface area (Å²) in [6, 6.07) is 127. The second-order valence-electron chi connectivity index (χ2n) is 27.4. The quantitative estimate of drug-likeness (QED) is 0.133. The number of nitrogens with zero attached hydrogens (tertiary/aromatic N) is 8. The summed E-state index contributed by atoms with van der Waals surface area (Å²) in [6.07, 6.45) is 0. The minimum absolute atomic E-state index is 0.627. The van der Waals surface area contributed by atoms with E-state index in [2.05, 4.69) is 349 Å². The summed E-state index contributed by atoms with van der Waals surface area (Å²) in [5, 5.41) is 11.6. The summed E-state index contributed by atoms with van der Waals surface area (Å²) < 4.78 is 17.4. The second kappa shape index (κ2) is 25.6. The first-order valence-electron chi connectivity index (χ1n) is 36.2. The summed E-state index contributed by atoms with van der Waals surface area (Å²) in [4.78, 5) is 30.4. The Morgan fingerprint density at radius 1 is 0.176 bits per heavy atom. The number of hydrogen-bond acceptors (Lipinski definition) is 8. The maximum Gasteiger partial charge on any atom is 0.213 e. The van der Waals surface area contributed by atoms with E-state index in [0.717, 1.165) is 155 Å². The van der Waals surface area contributed by atoms with E-state index >= 15 is 0 Å². The minimum atomic E-state index is 0.627. The average molecular weight is 1380 g/mol. The van der Waals surface area contributed by atoms with Gasteiger partial charge < -0.3 is 8.83 Å². The highest BCUT2D eigenvalue weighted by Gasteiger charge is 2.23. The number of hydrogen-bond donors (Lipinski definition) is 0. The molecule has 10 nitrogen and oxygen atoms in total. The summed E-state index contributed by atoms with van der Waals surface area (Å²) in [6.45, 7) is 0. The predicted octanol–water partition coefficient (Wildman–Crippen LogP) is 25.3. The van der Waals surface area contributed by atoms with Crippen LogP contribution >= 0.6 is 0 Å². The zero-order valence-electron chi connectivity index (χ0n) is 58.0. The van der Waals surface area contributed by atoms with Gasteiger partial charge in [0.1, 0.15) is 0 Å². The molecule has 0 amide bonds. The normalized spacial score (nSPS) is 11.7. The van der Waals surface area contributed by atoms with Gasteiger partial charge in [-0.2, -0.15) is 0 Å². The molecule has 108 heavy (non-hydrogen) atoms. The Morgan fingerprint density at radius 2 is 0.444 bits per heavy atom. The molecule has 22 rings (SSSR count). The zero-order valence-corrected chi connectivity index (χ0v) is 58.0. The summed E-state index contributed by atoms with van der Waals surface area (Å²) in [5.74, 6) is 3.82. The molecule has 0 unspecified atom stereocenters. The van der Waals surface area contributed by atoms with Crippen molar-refractivity contribution in [2.75, 3.05) is 0 Å². The molecule has 0 saturated heterocycles. The Kier molecular flexibility index (Phi) is 14.7. The first kappa shape index (κ1) is 61.9. The van der Waals surface area contributed by atoms with Crippen molar-refractivity contribution >= 4 is 98.5 Å². The zero-order chi connectivity index (χ0) is 71.2. The molecule has 10 heteroatoms. The van der Waals surface area contributed by atoms with Crippen molar-refractivity contribution in [3.63, 3.8) is 0 Å². The molecule has 504 valence electrons. The molecule has 0 radical (unpaired) electrons. The fourth-order valence-electron chi connectivity index (χ4n) is 15.5. The van der Waals surface area contributed by atoms with Crippen LogP contribution in [-0.4, -0.2) is 38.7 Å². The number of rotatable bonds is 10. The van der Waals surface area contributed by atoms with Crippen LogP contribution in [0.2, 0.25) is 0 Å². The van der Waals surface area contributed by atoms with Gasteiger partial charge in [0.2, 0.25) is 11.4 Å². The Morgan fingerprint density at radius 3 is 0.843 bits per heavy atom. The van der Waals surface area contributed by atoms with Gasteiger partial charge in [-0.05, 0) is 149 Å². The largest absolute Gasteiger partial charge is 0.438 e. The van der Waals surface area contributed by atoms with Gasteiger partial charge >= 0.3 is 0 Å². The number of fused-ring (bicyclic) bond motifs is 14. The van der Waals surface area contributed by atoms with Gasteiger partial charge in [-0.3, -0.25) is 8.80 Å². The smallest absolute Gasteiger partial charge is 0.213 e. The molecular weight excluding hydrogens is 1320 g/mol. The molecular formula is C98H60N8O2. The Labute approximate surface area is 619 Å². The van der Waals surface area contributed by atoms with Crippen molar-refractivity contribution in [2.45, 2.75) is 0 Å². The van der Waals surface area contributed by atoms with Crippen LogP contribution in [0.15, 0.2) is 373 Å². The van der Waals surface area contributed by atoms with Crippen molar-refractivity contribution in [1.82, 2.24) is 38.7 Å². The number of para-hydroxylation sites is 6. The molecule has 22 aromatic rings. The maximum atomic E-state index is 6.50. The minimum Gasteiger partial charge on any atom is -0.438 e. The van der Waals surface area contributed by atoms with E-state index < -0.39 is 0 Å². The van der Waals surface area contributed by atoms with Crippen molar-refractivity contribution in [1.29, 1.82) is 0 Å². The maximum absolute atomic E-state index is 6.50. The molecule has 0 spiro atoms. The van der Waals surface area contributed by atoms with Crippen LogP contribution in [0.1, 0.15) is 0 Å². The SMILES string of the molecule is c1cc(-c2ccc(-c3c4ccccc4n4c3oc3ccccc34)cc2)cc(-c2nc(-c3ccc4ccccc4c3)nc(-c3ccc4ccccc4c3)n2)c1.c1cc(-c2ccc(-c3nc(-c4ccc5ccccc5c4)nc(-c4ccc5ccccc5c4)n3)cc2)cc(-c2c3ccccc3n3c2oc2ccccc23)c1. The number of oxazole rings is 2. The van der Waals surface area contributed by atoms with Crippen molar-refractivity contribution in [3.8, 4) is 113 Å². The first-order chi connectivity index (χ1) is 53.5. The third-order valence-corrected chi connectivity index (χ3v) is 20.8. The molecule has 0 aliphatic carbocycles. The van der Waals surface area contributed by atoms with Crippen LogP contribution in [0.25, 0.3) is 211 Å². The Balaban J connectivity index is 0.000000138. The van der Waals surface area contributed by atoms with Gasteiger partial charge in [0, 0.05) is 44.2 Å². The van der Waals surface area contributed by atoms with Gasteiger partial charge in [-0.1, -0.05) is 291 Å². The summed E-state index contributed by atoms with van der Waals surface area (Å²) in [7, 11) is 0. The van der Waals surface area contributed by atoms with Crippen LogP contribution in [0.3, 0.4) is 0 Å². The lowest BCUT2D eigenvalue weighted by molar-refractivity contribution is 0.658. The van der Waals surface area contributed by atoms with Gasteiger partial charge in [0.15, 0.2) is 46.1 Å². The van der Waals surface area contributed by atoms with Gasteiger partial charge in [-0.15, -0.1) is 0 Å². The summed E-state index contributed by atoms with van der Waals surface area (Å²) >= 11 is 0. The van der Waals surface area contributed by atoms with Crippen molar-refractivity contribution < 1.29 is 8.83 Å². The van der Waals surface area contributed by atoms with E-state index in [-0.39, 0.29) is 0 Å². The molecule has 6 heterocycles. The van der Waals surface area contributed by atoms with Gasteiger partial charge in [-0.25, -0.2) is 29.9 Å². The van der Waals surface area contributed by atoms with E-state index in [4.69, 9.17) is 38.7 Å². The predicted molar refractivity (Wildman–Crippen MR) is 441 cm³/mol. The van der Waals surface area contributed by atoms with Crippen LogP contribution in [0.5, 0.6) is 0 Å². The van der Waals surface area contributed by atoms with Gasteiger partial charge in [0.05, 0.1) is 33.2 Å². The third kappa shape index (κ3) is 10.9. The van der Waals surface area contributed by atoms with Crippen LogP contribution in [0, 0.1) is 0 Å². The molecule has 16 aromatic carbocycles. The van der Waals surface area contributed by atoms with Crippen LogP contribution < -0.4 is 0 Å². The van der Waals surface area contributed by atoms with E-state index in [1.54, 1.807) is 0 Å². The molecule has 0 saturated carbocycles. The molecule has 0 bridgehead atoms. The Hall–Kier alpha value is -14.7. The Bertz CT molecular complexity index is 7140. The highest BCUT2D eigenvalue weighted by molar-refractivity contribution is 6.09. The lowest BCUT2D eigenvalue weighted by Gasteiger charge is -2.11. The van der Waals surface area contributed by atoms with Gasteiger partial charge in [0.25, 0.3) is 0 Å². The molecule has 0 N–H and O–H groups in total. The van der Waals surface area contributed by atoms with Crippen molar-refractivity contribution in [3.05, 3.63) is 364 Å². The topological polar surface area (TPSA) is 112 Å². The highest BCUT2D eigenvalue weighted by Crippen LogP contribution is 2.43. The number of benzene rings is 16. The second-order valence-corrected chi connectivity index (χ2v) is 27.4. The molecule has 6 aromatic heterocycles. The van der Waals surface area contributed by atoms with Crippen LogP contribution in [-0.2, 0) is 0 Å². The molecule has 0 aliphatic rings. The summed E-state index contributed by atoms with van der Waals surface area (Å²) in [5.41, 5.74) is 22.3. The standard InChI is InChI=1S/2C49H30N4O/c1-3-12-35-29-39(26-22-31(35)10-1)47-50-46(51-48(52-47)40-27-23-32-11-2-4-13-36(32)30-40)34-24-20-33(21-25-34)37-14-9-15-38(28-37)45-41-16-5-6-17-42(41)53-43-18-7-8-19-44(43)54-49(45)53;1-3-12-35-29-39(26-22-31(35)10-1)47-50-46(51-48(52-47)40-27-23-32-11-2-4-13-36(32)30-40)38-15-9-14-37(28-38)33-20-24-34(25-21-33)45-41-16-5-6-17-42(41)53-43-18-7-8-19-44(43)54-49(45)53/h2*1-30H. The third-order valence-electron chi connectivity index (χ3n) is 20.8. The lowest BCUT2D eigenvalue weighted by atomic mass is 9.98. The van der Waals surface area contributed by atoms with E-state index in [1.807, 2.05) is 24.3 Å². The number of aromatic nitrogens is 8. The van der Waals surface area contributed by atoms with Crippen LogP contribution in [0.4, 0.5) is 0 Å². The molecule has 0 aliphatic heterocycles. The molecule has 0 fully saturated rings. The lowest BCUT2D eigenvalue weighted by Crippen LogP contribution is -2.00. The molecule has 0 atom stereocenters. The van der Waals surface area contributed by atoms with E-state index in [9.17, 15) is 0 Å². The fourth-order valence-corrected chi connectivity index (χ4v) is 15.5.